The maximum absolute atomic E-state index is 13.7. The number of benzene rings is 3. The molecule has 3 aromatic carbocycles. The second kappa shape index (κ2) is 8.95. The minimum Gasteiger partial charge on any atom is -0.454 e. The predicted octanol–water partition coefficient (Wildman–Crippen LogP) is 5.57. The SMILES string of the molecule is CC(O)(CCOCc1ccccc1)c1ccc(Oc2ccc(F)cc2F)cc1. The van der Waals surface area contributed by atoms with Crippen LogP contribution in [0.3, 0.4) is 0 Å². The number of aliphatic hydroxyl groups is 1. The van der Waals surface area contributed by atoms with Crippen molar-refractivity contribution >= 4 is 0 Å². The number of hydrogen-bond donors (Lipinski definition) is 1. The maximum Gasteiger partial charge on any atom is 0.168 e. The van der Waals surface area contributed by atoms with Crippen LogP contribution in [0.25, 0.3) is 0 Å². The lowest BCUT2D eigenvalue weighted by molar-refractivity contribution is 0.00692. The molecule has 0 aromatic heterocycles. The third-order valence-corrected chi connectivity index (χ3v) is 4.44. The molecule has 0 saturated carbocycles. The van der Waals surface area contributed by atoms with Gasteiger partial charge in [-0.3, -0.25) is 0 Å². The Morgan fingerprint density at radius 1 is 0.929 bits per heavy atom. The Morgan fingerprint density at radius 2 is 1.64 bits per heavy atom. The highest BCUT2D eigenvalue weighted by Gasteiger charge is 2.23. The molecule has 0 aliphatic heterocycles. The van der Waals surface area contributed by atoms with E-state index in [1.807, 2.05) is 30.3 Å². The topological polar surface area (TPSA) is 38.7 Å². The summed E-state index contributed by atoms with van der Waals surface area (Å²) in [4.78, 5) is 0. The van der Waals surface area contributed by atoms with Crippen LogP contribution in [0.5, 0.6) is 11.5 Å². The molecule has 1 unspecified atom stereocenters. The minimum absolute atomic E-state index is 0.0600. The molecule has 3 aromatic rings. The summed E-state index contributed by atoms with van der Waals surface area (Å²) in [6.07, 6.45) is 0.423. The number of hydrogen-bond acceptors (Lipinski definition) is 3. The number of halogens is 2. The van der Waals surface area contributed by atoms with Crippen LogP contribution in [0.2, 0.25) is 0 Å². The molecule has 1 N–H and O–H groups in total. The predicted molar refractivity (Wildman–Crippen MR) is 103 cm³/mol. The van der Waals surface area contributed by atoms with Crippen molar-refractivity contribution in [3.63, 3.8) is 0 Å². The van der Waals surface area contributed by atoms with Gasteiger partial charge in [-0.05, 0) is 42.3 Å². The molecule has 0 aliphatic rings. The Balaban J connectivity index is 1.55. The van der Waals surface area contributed by atoms with Crippen LogP contribution in [-0.2, 0) is 16.9 Å². The molecule has 0 aliphatic carbocycles. The van der Waals surface area contributed by atoms with Crippen LogP contribution < -0.4 is 4.74 Å². The van der Waals surface area contributed by atoms with Crippen LogP contribution in [0, 0.1) is 11.6 Å². The molecule has 0 heterocycles. The van der Waals surface area contributed by atoms with Gasteiger partial charge in [0.2, 0.25) is 0 Å². The van der Waals surface area contributed by atoms with Gasteiger partial charge in [-0.1, -0.05) is 42.5 Å². The van der Waals surface area contributed by atoms with Crippen LogP contribution in [0.4, 0.5) is 8.78 Å². The molecule has 0 spiro atoms. The van der Waals surface area contributed by atoms with Crippen molar-refractivity contribution in [1.29, 1.82) is 0 Å². The van der Waals surface area contributed by atoms with E-state index in [0.717, 1.165) is 17.7 Å². The Hall–Kier alpha value is -2.76. The van der Waals surface area contributed by atoms with Crippen molar-refractivity contribution in [3.8, 4) is 11.5 Å². The fourth-order valence-corrected chi connectivity index (χ4v) is 2.75. The third-order valence-electron chi connectivity index (χ3n) is 4.44. The van der Waals surface area contributed by atoms with Crippen molar-refractivity contribution in [1.82, 2.24) is 0 Å². The summed E-state index contributed by atoms with van der Waals surface area (Å²) in [5.41, 5.74) is 0.704. The maximum atomic E-state index is 13.7. The second-order valence-electron chi connectivity index (χ2n) is 6.76. The van der Waals surface area contributed by atoms with Crippen LogP contribution in [0.15, 0.2) is 72.8 Å². The van der Waals surface area contributed by atoms with Crippen molar-refractivity contribution in [2.75, 3.05) is 6.61 Å². The van der Waals surface area contributed by atoms with Gasteiger partial charge in [0, 0.05) is 12.5 Å². The molecule has 0 amide bonds. The van der Waals surface area contributed by atoms with Gasteiger partial charge >= 0.3 is 0 Å². The van der Waals surface area contributed by atoms with Gasteiger partial charge < -0.3 is 14.6 Å². The van der Waals surface area contributed by atoms with Gasteiger partial charge in [0.05, 0.1) is 18.8 Å². The average molecular weight is 384 g/mol. The summed E-state index contributed by atoms with van der Waals surface area (Å²) >= 11 is 0. The zero-order valence-electron chi connectivity index (χ0n) is 15.6. The zero-order valence-corrected chi connectivity index (χ0v) is 15.6. The normalized spacial score (nSPS) is 13.1. The molecule has 0 bridgehead atoms. The zero-order chi connectivity index (χ0) is 20.0. The Morgan fingerprint density at radius 3 is 2.32 bits per heavy atom. The summed E-state index contributed by atoms with van der Waals surface area (Å²) in [7, 11) is 0. The van der Waals surface area contributed by atoms with Crippen LogP contribution in [0.1, 0.15) is 24.5 Å². The lowest BCUT2D eigenvalue weighted by atomic mass is 9.93. The first-order valence-corrected chi connectivity index (χ1v) is 9.01. The molecular formula is C23H22F2O3. The van der Waals surface area contributed by atoms with E-state index in [1.165, 1.54) is 6.07 Å². The van der Waals surface area contributed by atoms with E-state index in [4.69, 9.17) is 9.47 Å². The molecule has 28 heavy (non-hydrogen) atoms. The number of rotatable bonds is 8. The largest absolute Gasteiger partial charge is 0.454 e. The highest BCUT2D eigenvalue weighted by atomic mass is 19.1. The minimum atomic E-state index is -1.07. The van der Waals surface area contributed by atoms with E-state index in [1.54, 1.807) is 31.2 Å². The molecule has 0 saturated heterocycles. The van der Waals surface area contributed by atoms with E-state index < -0.39 is 17.2 Å². The van der Waals surface area contributed by atoms with Crippen molar-refractivity contribution in [2.24, 2.45) is 0 Å². The Labute approximate surface area is 163 Å². The van der Waals surface area contributed by atoms with Crippen LogP contribution in [-0.4, -0.2) is 11.7 Å². The summed E-state index contributed by atoms with van der Waals surface area (Å²) in [5.74, 6) is -1.10. The molecule has 146 valence electrons. The Bertz CT molecular complexity index is 893. The Kier molecular flexibility index (Phi) is 6.39. The van der Waals surface area contributed by atoms with E-state index in [9.17, 15) is 13.9 Å². The summed E-state index contributed by atoms with van der Waals surface area (Å²) in [6, 6.07) is 19.7. The highest BCUT2D eigenvalue weighted by Crippen LogP contribution is 2.29. The lowest BCUT2D eigenvalue weighted by Gasteiger charge is -2.24. The van der Waals surface area contributed by atoms with Gasteiger partial charge in [-0.2, -0.15) is 0 Å². The molecule has 1 atom stereocenters. The van der Waals surface area contributed by atoms with E-state index in [2.05, 4.69) is 0 Å². The molecule has 5 heteroatoms. The first-order valence-electron chi connectivity index (χ1n) is 9.01. The van der Waals surface area contributed by atoms with Gasteiger partial charge in [0.15, 0.2) is 11.6 Å². The fourth-order valence-electron chi connectivity index (χ4n) is 2.75. The first-order chi connectivity index (χ1) is 13.4. The van der Waals surface area contributed by atoms with Crippen molar-refractivity contribution < 1.29 is 23.4 Å². The molecule has 3 nitrogen and oxygen atoms in total. The van der Waals surface area contributed by atoms with E-state index in [0.29, 0.717) is 30.9 Å². The third kappa shape index (κ3) is 5.38. The summed E-state index contributed by atoms with van der Waals surface area (Å²) < 4.78 is 37.7. The fraction of sp³-hybridized carbons (Fsp3) is 0.217. The molecule has 0 radical (unpaired) electrons. The lowest BCUT2D eigenvalue weighted by Crippen LogP contribution is -2.23. The number of ether oxygens (including phenoxy) is 2. The van der Waals surface area contributed by atoms with Gasteiger partial charge in [0.25, 0.3) is 0 Å². The molecule has 3 rings (SSSR count). The summed E-state index contributed by atoms with van der Waals surface area (Å²) in [6.45, 7) is 2.61. The van der Waals surface area contributed by atoms with Crippen molar-refractivity contribution in [3.05, 3.63) is 95.6 Å². The van der Waals surface area contributed by atoms with Crippen LogP contribution >= 0.6 is 0 Å². The van der Waals surface area contributed by atoms with E-state index in [-0.39, 0.29) is 5.75 Å². The van der Waals surface area contributed by atoms with E-state index >= 15 is 0 Å². The highest BCUT2D eigenvalue weighted by molar-refractivity contribution is 5.35. The second-order valence-corrected chi connectivity index (χ2v) is 6.76. The van der Waals surface area contributed by atoms with Crippen molar-refractivity contribution in [2.45, 2.75) is 25.6 Å². The molecular weight excluding hydrogens is 362 g/mol. The smallest absolute Gasteiger partial charge is 0.168 e. The molecule has 0 fully saturated rings. The van der Waals surface area contributed by atoms with Gasteiger partial charge in [-0.15, -0.1) is 0 Å². The summed E-state index contributed by atoms with van der Waals surface area (Å²) in [5, 5.41) is 10.7. The standard InChI is InChI=1S/C23H22F2O3/c1-23(26,13-14-27-16-17-5-3-2-4-6-17)18-7-10-20(11-8-18)28-22-12-9-19(24)15-21(22)25/h2-12,15,26H,13-14,16H2,1H3. The first kappa shape index (κ1) is 20.0. The van der Waals surface area contributed by atoms with Gasteiger partial charge in [0.1, 0.15) is 11.6 Å². The monoisotopic (exact) mass is 384 g/mol. The quantitative estimate of drug-likeness (QED) is 0.516. The van der Waals surface area contributed by atoms with Gasteiger partial charge in [-0.25, -0.2) is 8.78 Å². The average Bonchev–Trinajstić information content (AvgIpc) is 2.69.